The fraction of sp³-hybridized carbons (Fsp3) is 0.207. The minimum Gasteiger partial charge on any atom is -0.334 e. The van der Waals surface area contributed by atoms with Gasteiger partial charge in [0.25, 0.3) is 10.1 Å². The molecule has 0 saturated carbocycles. The number of sulfonamides is 1. The number of piperidine rings is 1. The van der Waals surface area contributed by atoms with Gasteiger partial charge in [-0.2, -0.15) is 12.7 Å². The summed E-state index contributed by atoms with van der Waals surface area (Å²) in [5, 5.41) is 6.16. The Bertz CT molecular complexity index is 1820. The third-order valence-corrected chi connectivity index (χ3v) is 9.80. The maximum absolute atomic E-state index is 14.8. The van der Waals surface area contributed by atoms with Crippen LogP contribution < -0.4 is 10.6 Å². The third kappa shape index (κ3) is 6.41. The van der Waals surface area contributed by atoms with E-state index in [1.807, 2.05) is 0 Å². The van der Waals surface area contributed by atoms with Crippen molar-refractivity contribution in [1.82, 2.24) is 9.62 Å². The molecular weight excluding hydrogens is 569 g/mol. The summed E-state index contributed by atoms with van der Waals surface area (Å²) in [6.07, 6.45) is 2.70. The highest BCUT2D eigenvalue weighted by Gasteiger charge is 2.25. The molecule has 0 spiro atoms. The van der Waals surface area contributed by atoms with Crippen LogP contribution >= 0.6 is 0 Å². The molecule has 4 aromatic rings. The molecule has 3 N–H and O–H groups in total. The van der Waals surface area contributed by atoms with E-state index in [2.05, 4.69) is 10.6 Å². The fourth-order valence-corrected chi connectivity index (χ4v) is 7.08. The first kappa shape index (κ1) is 28.7. The van der Waals surface area contributed by atoms with Crippen molar-refractivity contribution in [3.8, 4) is 11.1 Å². The number of hydrogen-bond donors (Lipinski definition) is 3. The second kappa shape index (κ2) is 11.6. The Morgan fingerprint density at radius 1 is 0.878 bits per heavy atom. The number of nitrogens with one attached hydrogen (secondary N) is 2. The average Bonchev–Trinajstić information content (AvgIpc) is 2.96. The number of benzene rings is 4. The molecule has 12 heteroatoms. The van der Waals surface area contributed by atoms with Crippen LogP contribution in [0.15, 0.2) is 88.7 Å². The zero-order valence-electron chi connectivity index (χ0n) is 21.9. The Hall–Kier alpha value is -3.84. The minimum absolute atomic E-state index is 0.0599. The monoisotopic (exact) mass is 597 g/mol. The topological polar surface area (TPSA) is 133 Å². The van der Waals surface area contributed by atoms with E-state index in [9.17, 15) is 30.6 Å². The van der Waals surface area contributed by atoms with E-state index >= 15 is 0 Å². The van der Waals surface area contributed by atoms with Crippen LogP contribution in [0.3, 0.4) is 0 Å². The van der Waals surface area contributed by atoms with Crippen LogP contribution in [0.1, 0.15) is 24.8 Å². The number of urea groups is 1. The molecule has 0 radical (unpaired) electrons. The molecule has 1 aliphatic heterocycles. The molecule has 41 heavy (non-hydrogen) atoms. The Kier molecular flexibility index (Phi) is 8.09. The maximum atomic E-state index is 14.8. The first-order chi connectivity index (χ1) is 19.5. The van der Waals surface area contributed by atoms with E-state index in [0.717, 1.165) is 19.3 Å². The van der Waals surface area contributed by atoms with Crippen LogP contribution in [-0.4, -0.2) is 44.8 Å². The molecule has 5 rings (SSSR count). The minimum atomic E-state index is -4.49. The molecule has 1 aliphatic rings. The zero-order valence-corrected chi connectivity index (χ0v) is 23.5. The Balaban J connectivity index is 1.27. The summed E-state index contributed by atoms with van der Waals surface area (Å²) in [5.74, 6) is -0.540. The molecule has 0 aliphatic carbocycles. The first-order valence-electron chi connectivity index (χ1n) is 13.0. The summed E-state index contributed by atoms with van der Waals surface area (Å²) < 4.78 is 75.2. The highest BCUT2D eigenvalue weighted by atomic mass is 32.2. The highest BCUT2D eigenvalue weighted by molar-refractivity contribution is 7.89. The van der Waals surface area contributed by atoms with Crippen molar-refractivity contribution in [2.24, 2.45) is 0 Å². The summed E-state index contributed by atoms with van der Waals surface area (Å²) in [5.41, 5.74) is 1.59. The van der Waals surface area contributed by atoms with Gasteiger partial charge in [0.1, 0.15) is 10.7 Å². The molecule has 2 amide bonds. The van der Waals surface area contributed by atoms with Crippen LogP contribution in [0.4, 0.5) is 14.9 Å². The highest BCUT2D eigenvalue weighted by Crippen LogP contribution is 2.31. The largest absolute Gasteiger partial charge is 0.334 e. The number of carbonyl (C=O) groups is 1. The van der Waals surface area contributed by atoms with E-state index in [4.69, 9.17) is 0 Å². The second-order valence-corrected chi connectivity index (χ2v) is 13.1. The number of amides is 2. The van der Waals surface area contributed by atoms with Crippen LogP contribution in [0.5, 0.6) is 0 Å². The SMILES string of the molecule is O=C(NCc1ccc(F)c(-c2ccc3cccc(S(=O)(=O)O)c3c2)c1)Nc1ccc(S(=O)(=O)N2CCCCC2)cc1. The standard InChI is InChI=1S/C29H28FN3O6S2/c30-27-14-7-20(17-25(27)22-9-8-21-5-4-6-28(26(21)18-22)41(37,38)39)19-31-29(34)32-23-10-12-24(13-11-23)40(35,36)33-15-2-1-3-16-33/h4-14,17-18H,1-3,15-16,19H2,(H2,31,32,34)(H,37,38,39). The first-order valence-corrected chi connectivity index (χ1v) is 15.8. The maximum Gasteiger partial charge on any atom is 0.319 e. The quantitative estimate of drug-likeness (QED) is 0.245. The molecule has 0 unspecified atom stereocenters. The van der Waals surface area contributed by atoms with Crippen LogP contribution in [-0.2, 0) is 26.7 Å². The number of halogens is 1. The van der Waals surface area contributed by atoms with Gasteiger partial charge in [0.05, 0.1) is 4.90 Å². The lowest BCUT2D eigenvalue weighted by Gasteiger charge is -2.25. The van der Waals surface area contributed by atoms with E-state index < -0.39 is 32.0 Å². The lowest BCUT2D eigenvalue weighted by molar-refractivity contribution is 0.251. The Morgan fingerprint density at radius 2 is 1.61 bits per heavy atom. The van der Waals surface area contributed by atoms with Gasteiger partial charge in [-0.05, 0) is 77.9 Å². The Labute approximate surface area is 237 Å². The summed E-state index contributed by atoms with van der Waals surface area (Å²) in [7, 11) is -8.06. The number of nitrogens with zero attached hydrogens (tertiary/aromatic N) is 1. The molecule has 0 bridgehead atoms. The average molecular weight is 598 g/mol. The summed E-state index contributed by atoms with van der Waals surface area (Å²) in [6, 6.07) is 19.0. The second-order valence-electron chi connectivity index (χ2n) is 9.78. The molecular formula is C29H28FN3O6S2. The smallest absolute Gasteiger partial charge is 0.319 e. The summed E-state index contributed by atoms with van der Waals surface area (Å²) in [4.78, 5) is 12.4. The van der Waals surface area contributed by atoms with Crippen molar-refractivity contribution >= 4 is 42.6 Å². The van der Waals surface area contributed by atoms with Gasteiger partial charge in [0, 0.05) is 36.3 Å². The van der Waals surface area contributed by atoms with Gasteiger partial charge >= 0.3 is 6.03 Å². The molecule has 0 aromatic heterocycles. The molecule has 1 fully saturated rings. The van der Waals surface area contributed by atoms with Gasteiger partial charge < -0.3 is 10.6 Å². The van der Waals surface area contributed by atoms with Gasteiger partial charge in [-0.3, -0.25) is 4.55 Å². The van der Waals surface area contributed by atoms with Crippen molar-refractivity contribution in [3.63, 3.8) is 0 Å². The van der Waals surface area contributed by atoms with Crippen molar-refractivity contribution in [1.29, 1.82) is 0 Å². The number of fused-ring (bicyclic) bond motifs is 1. The van der Waals surface area contributed by atoms with Crippen molar-refractivity contribution in [2.45, 2.75) is 35.6 Å². The van der Waals surface area contributed by atoms with Crippen molar-refractivity contribution in [3.05, 3.63) is 90.2 Å². The molecule has 0 atom stereocenters. The molecule has 1 saturated heterocycles. The normalized spacial score (nSPS) is 14.6. The molecule has 214 valence electrons. The predicted molar refractivity (Wildman–Crippen MR) is 154 cm³/mol. The zero-order chi connectivity index (χ0) is 29.2. The number of rotatable bonds is 7. The van der Waals surface area contributed by atoms with Crippen LogP contribution in [0.2, 0.25) is 0 Å². The number of anilines is 1. The fourth-order valence-electron chi connectivity index (χ4n) is 4.86. The van der Waals surface area contributed by atoms with Crippen molar-refractivity contribution < 1.29 is 30.6 Å². The molecule has 4 aromatic carbocycles. The number of carbonyl (C=O) groups excluding carboxylic acids is 1. The van der Waals surface area contributed by atoms with E-state index in [1.54, 1.807) is 24.3 Å². The van der Waals surface area contributed by atoms with Crippen LogP contribution in [0, 0.1) is 5.82 Å². The van der Waals surface area contributed by atoms with E-state index in [1.165, 1.54) is 58.9 Å². The lowest BCUT2D eigenvalue weighted by atomic mass is 9.99. The number of hydrogen-bond acceptors (Lipinski definition) is 5. The molecule has 1 heterocycles. The predicted octanol–water partition coefficient (Wildman–Crippen LogP) is 5.39. The van der Waals surface area contributed by atoms with Gasteiger partial charge in [0.15, 0.2) is 0 Å². The van der Waals surface area contributed by atoms with Gasteiger partial charge in [-0.25, -0.2) is 17.6 Å². The lowest BCUT2D eigenvalue weighted by Crippen LogP contribution is -2.35. The summed E-state index contributed by atoms with van der Waals surface area (Å²) in [6.45, 7) is 1.06. The van der Waals surface area contributed by atoms with Gasteiger partial charge in [0.2, 0.25) is 10.0 Å². The van der Waals surface area contributed by atoms with Crippen molar-refractivity contribution in [2.75, 3.05) is 18.4 Å². The van der Waals surface area contributed by atoms with Crippen LogP contribution in [0.25, 0.3) is 21.9 Å². The van der Waals surface area contributed by atoms with Gasteiger partial charge in [-0.15, -0.1) is 0 Å². The third-order valence-electron chi connectivity index (χ3n) is 6.98. The molecule has 9 nitrogen and oxygen atoms in total. The summed E-state index contributed by atoms with van der Waals surface area (Å²) >= 11 is 0. The Morgan fingerprint density at radius 3 is 2.32 bits per heavy atom. The van der Waals surface area contributed by atoms with E-state index in [-0.39, 0.29) is 27.3 Å². The van der Waals surface area contributed by atoms with E-state index in [0.29, 0.717) is 35.3 Å². The van der Waals surface area contributed by atoms with Gasteiger partial charge in [-0.1, -0.05) is 36.8 Å².